The highest BCUT2D eigenvalue weighted by atomic mass is 32.1. The number of thiocarbonyl (C=S) groups is 1. The van der Waals surface area contributed by atoms with Crippen molar-refractivity contribution in [2.45, 2.75) is 20.3 Å². The molecule has 0 saturated carbocycles. The summed E-state index contributed by atoms with van der Waals surface area (Å²) in [5.41, 5.74) is 4.24. The maximum Gasteiger partial charge on any atom is 0.170 e. The summed E-state index contributed by atoms with van der Waals surface area (Å²) in [4.78, 5) is 0. The fraction of sp³-hybridized carbons (Fsp3) is 0.235. The predicted octanol–water partition coefficient (Wildman–Crippen LogP) is 3.24. The van der Waals surface area contributed by atoms with Crippen molar-refractivity contribution in [1.82, 2.24) is 5.32 Å². The van der Waals surface area contributed by atoms with Crippen LogP contribution in [0.25, 0.3) is 0 Å². The molecule has 2 rings (SSSR count). The first kappa shape index (κ1) is 16.1. The molecule has 0 aromatic heterocycles. The lowest BCUT2D eigenvalue weighted by Gasteiger charge is -2.13. The highest BCUT2D eigenvalue weighted by Gasteiger charge is 2.03. The highest BCUT2D eigenvalue weighted by molar-refractivity contribution is 7.80. The molecule has 0 bridgehead atoms. The van der Waals surface area contributed by atoms with Crippen molar-refractivity contribution < 1.29 is 10.2 Å². The van der Waals surface area contributed by atoms with E-state index in [1.165, 1.54) is 11.6 Å². The van der Waals surface area contributed by atoms with Gasteiger partial charge in [-0.1, -0.05) is 18.2 Å². The molecule has 0 fully saturated rings. The van der Waals surface area contributed by atoms with Crippen LogP contribution >= 0.6 is 12.2 Å². The summed E-state index contributed by atoms with van der Waals surface area (Å²) in [5.74, 6) is -0.211. The Kier molecular flexibility index (Phi) is 5.22. The van der Waals surface area contributed by atoms with Crippen molar-refractivity contribution in [2.75, 3.05) is 11.9 Å². The summed E-state index contributed by atoms with van der Waals surface area (Å²) in [7, 11) is 0. The molecule has 0 saturated heterocycles. The van der Waals surface area contributed by atoms with Gasteiger partial charge in [-0.05, 0) is 67.4 Å². The molecule has 0 aliphatic carbocycles. The number of hydrogen-bond donors (Lipinski definition) is 4. The third-order valence-corrected chi connectivity index (χ3v) is 3.63. The molecule has 0 aliphatic rings. The Labute approximate surface area is 135 Å². The van der Waals surface area contributed by atoms with Crippen LogP contribution < -0.4 is 10.6 Å². The topological polar surface area (TPSA) is 64.5 Å². The molecule has 0 amide bonds. The number of rotatable bonds is 4. The van der Waals surface area contributed by atoms with Gasteiger partial charge in [0.2, 0.25) is 0 Å². The average molecular weight is 316 g/mol. The Morgan fingerprint density at radius 1 is 1.05 bits per heavy atom. The van der Waals surface area contributed by atoms with Crippen LogP contribution in [0, 0.1) is 13.8 Å². The van der Waals surface area contributed by atoms with Gasteiger partial charge in [0.1, 0.15) is 0 Å². The van der Waals surface area contributed by atoms with Crippen LogP contribution in [-0.2, 0) is 6.42 Å². The van der Waals surface area contributed by atoms with Crippen molar-refractivity contribution >= 4 is 23.0 Å². The Hall–Kier alpha value is -2.27. The number of phenols is 2. The van der Waals surface area contributed by atoms with Gasteiger partial charge in [0, 0.05) is 12.2 Å². The Bertz CT molecular complexity index is 686. The van der Waals surface area contributed by atoms with E-state index in [0.717, 1.165) is 16.8 Å². The second-order valence-corrected chi connectivity index (χ2v) is 5.68. The summed E-state index contributed by atoms with van der Waals surface area (Å²) >= 11 is 5.29. The zero-order chi connectivity index (χ0) is 16.1. The van der Waals surface area contributed by atoms with Gasteiger partial charge in [-0.2, -0.15) is 0 Å². The summed E-state index contributed by atoms with van der Waals surface area (Å²) in [5, 5.41) is 25.6. The van der Waals surface area contributed by atoms with Gasteiger partial charge in [-0.3, -0.25) is 0 Å². The van der Waals surface area contributed by atoms with Gasteiger partial charge < -0.3 is 20.8 Å². The van der Waals surface area contributed by atoms with Gasteiger partial charge in [0.05, 0.1) is 0 Å². The van der Waals surface area contributed by atoms with E-state index in [9.17, 15) is 10.2 Å². The van der Waals surface area contributed by atoms with E-state index in [2.05, 4.69) is 28.8 Å². The third kappa shape index (κ3) is 4.36. The summed E-state index contributed by atoms with van der Waals surface area (Å²) in [6.07, 6.45) is 0.697. The van der Waals surface area contributed by atoms with Crippen molar-refractivity contribution in [2.24, 2.45) is 0 Å². The van der Waals surface area contributed by atoms with Crippen LogP contribution in [-0.4, -0.2) is 21.9 Å². The third-order valence-electron chi connectivity index (χ3n) is 3.38. The maximum absolute atomic E-state index is 9.45. The van der Waals surface area contributed by atoms with Crippen LogP contribution in [0.2, 0.25) is 0 Å². The summed E-state index contributed by atoms with van der Waals surface area (Å²) < 4.78 is 0. The molecule has 4 nitrogen and oxygen atoms in total. The van der Waals surface area contributed by atoms with Crippen molar-refractivity contribution in [3.63, 3.8) is 0 Å². The maximum atomic E-state index is 9.45. The predicted molar refractivity (Wildman–Crippen MR) is 93.6 cm³/mol. The standard InChI is InChI=1S/C17H20N2O2S/c1-11-3-4-12(2)14(9-11)19-17(22)18-8-7-13-5-6-15(20)16(21)10-13/h3-6,9-10,20-21H,7-8H2,1-2H3,(H2,18,19,22). The lowest BCUT2D eigenvalue weighted by Crippen LogP contribution is -2.30. The second kappa shape index (κ2) is 7.13. The zero-order valence-electron chi connectivity index (χ0n) is 12.7. The molecule has 0 spiro atoms. The first-order chi connectivity index (χ1) is 10.5. The van der Waals surface area contributed by atoms with Crippen LogP contribution in [0.5, 0.6) is 11.5 Å². The molecule has 5 heteroatoms. The van der Waals surface area contributed by atoms with Gasteiger partial charge >= 0.3 is 0 Å². The van der Waals surface area contributed by atoms with Gasteiger partial charge in [0.15, 0.2) is 16.6 Å². The van der Waals surface area contributed by atoms with Crippen molar-refractivity contribution in [3.05, 3.63) is 53.1 Å². The average Bonchev–Trinajstić information content (AvgIpc) is 2.47. The number of aryl methyl sites for hydroxylation is 2. The normalized spacial score (nSPS) is 10.3. The molecule has 2 aromatic rings. The van der Waals surface area contributed by atoms with Crippen LogP contribution in [0.4, 0.5) is 5.69 Å². The Morgan fingerprint density at radius 2 is 1.82 bits per heavy atom. The lowest BCUT2D eigenvalue weighted by atomic mass is 10.1. The molecule has 0 aliphatic heterocycles. The van der Waals surface area contributed by atoms with E-state index < -0.39 is 0 Å². The second-order valence-electron chi connectivity index (χ2n) is 5.27. The monoisotopic (exact) mass is 316 g/mol. The molecular weight excluding hydrogens is 296 g/mol. The summed E-state index contributed by atoms with van der Waals surface area (Å²) in [6, 6.07) is 11.0. The molecule has 0 unspecified atom stereocenters. The Morgan fingerprint density at radius 3 is 2.55 bits per heavy atom. The van der Waals surface area contributed by atoms with Crippen LogP contribution in [0.3, 0.4) is 0 Å². The number of phenolic OH excluding ortho intramolecular Hbond substituents is 2. The molecule has 0 heterocycles. The minimum absolute atomic E-state index is 0.103. The minimum atomic E-state index is -0.108. The van der Waals surface area contributed by atoms with Crippen LogP contribution in [0.1, 0.15) is 16.7 Å². The number of hydrogen-bond acceptors (Lipinski definition) is 3. The molecule has 0 radical (unpaired) electrons. The number of benzene rings is 2. The van der Waals surface area contributed by atoms with Crippen molar-refractivity contribution in [3.8, 4) is 11.5 Å². The fourth-order valence-corrected chi connectivity index (χ4v) is 2.29. The minimum Gasteiger partial charge on any atom is -0.504 e. The molecule has 4 N–H and O–H groups in total. The SMILES string of the molecule is Cc1ccc(C)c(NC(=S)NCCc2ccc(O)c(O)c2)c1. The number of aromatic hydroxyl groups is 2. The smallest absolute Gasteiger partial charge is 0.170 e. The first-order valence-electron chi connectivity index (χ1n) is 7.08. The van der Waals surface area contributed by atoms with E-state index in [1.807, 2.05) is 13.8 Å². The molecule has 0 atom stereocenters. The molecule has 2 aromatic carbocycles. The quantitative estimate of drug-likeness (QED) is 0.515. The zero-order valence-corrected chi connectivity index (χ0v) is 13.5. The van der Waals surface area contributed by atoms with E-state index >= 15 is 0 Å². The van der Waals surface area contributed by atoms with Gasteiger partial charge in [0.25, 0.3) is 0 Å². The fourth-order valence-electron chi connectivity index (χ4n) is 2.08. The number of anilines is 1. The van der Waals surface area contributed by atoms with Gasteiger partial charge in [-0.15, -0.1) is 0 Å². The van der Waals surface area contributed by atoms with E-state index in [-0.39, 0.29) is 11.5 Å². The lowest BCUT2D eigenvalue weighted by molar-refractivity contribution is 0.403. The first-order valence-corrected chi connectivity index (χ1v) is 7.49. The summed E-state index contributed by atoms with van der Waals surface area (Å²) in [6.45, 7) is 4.71. The highest BCUT2D eigenvalue weighted by Crippen LogP contribution is 2.24. The Balaban J connectivity index is 1.85. The van der Waals surface area contributed by atoms with E-state index in [0.29, 0.717) is 18.1 Å². The molecule has 116 valence electrons. The largest absolute Gasteiger partial charge is 0.504 e. The number of nitrogens with one attached hydrogen (secondary N) is 2. The van der Waals surface area contributed by atoms with E-state index in [4.69, 9.17) is 12.2 Å². The van der Waals surface area contributed by atoms with Crippen LogP contribution in [0.15, 0.2) is 36.4 Å². The molecule has 22 heavy (non-hydrogen) atoms. The van der Waals surface area contributed by atoms with Crippen molar-refractivity contribution in [1.29, 1.82) is 0 Å². The molecular formula is C17H20N2O2S. The van der Waals surface area contributed by atoms with E-state index in [1.54, 1.807) is 12.1 Å². The van der Waals surface area contributed by atoms with Gasteiger partial charge in [-0.25, -0.2) is 0 Å².